The summed E-state index contributed by atoms with van der Waals surface area (Å²) in [6, 6.07) is 37.5. The lowest BCUT2D eigenvalue weighted by atomic mass is 9.95. The molecule has 12 atom stereocenters. The van der Waals surface area contributed by atoms with Crippen LogP contribution in [0.2, 0.25) is 16.6 Å². The molecule has 4 heterocycles. The van der Waals surface area contributed by atoms with E-state index >= 15 is 0 Å². The lowest BCUT2D eigenvalue weighted by Crippen LogP contribution is -2.68. The van der Waals surface area contributed by atoms with Crippen LogP contribution in [0.1, 0.15) is 76.4 Å². The molecule has 4 aromatic carbocycles. The van der Waals surface area contributed by atoms with Gasteiger partial charge in [0.25, 0.3) is 0 Å². The molecule has 0 aromatic heterocycles. The van der Waals surface area contributed by atoms with Crippen LogP contribution >= 0.6 is 0 Å². The van der Waals surface area contributed by atoms with Gasteiger partial charge in [-0.25, -0.2) is 0 Å². The fourth-order valence-corrected chi connectivity index (χ4v) is 15.6. The molecule has 368 valence electrons. The van der Waals surface area contributed by atoms with E-state index in [4.69, 9.17) is 61.3 Å². The Morgan fingerprint density at radius 1 is 0.559 bits per heavy atom. The molecule has 0 aliphatic carbocycles. The van der Waals surface area contributed by atoms with Crippen LogP contribution in [0.15, 0.2) is 128 Å². The largest absolute Gasteiger partial charge is 0.497 e. The van der Waals surface area contributed by atoms with Crippen LogP contribution in [-0.2, 0) is 69.7 Å². The fraction of sp³-hybridized carbons (Fsp3) is 0.519. The Morgan fingerprint density at radius 2 is 1.04 bits per heavy atom. The minimum atomic E-state index is -2.37. The highest BCUT2D eigenvalue weighted by Gasteiger charge is 2.57. The molecule has 0 bridgehead atoms. The molecule has 0 radical (unpaired) electrons. The summed E-state index contributed by atoms with van der Waals surface area (Å²) in [4.78, 5) is 0. The van der Waals surface area contributed by atoms with E-state index in [1.54, 1.807) is 13.2 Å². The van der Waals surface area contributed by atoms with Gasteiger partial charge in [-0.05, 0) is 39.9 Å². The summed E-state index contributed by atoms with van der Waals surface area (Å²) in [6.45, 7) is 18.6. The number of rotatable bonds is 21. The molecule has 0 amide bonds. The van der Waals surface area contributed by atoms with Gasteiger partial charge in [-0.2, -0.15) is 0 Å². The predicted octanol–water partition coefficient (Wildman–Crippen LogP) is 9.97. The van der Waals surface area contributed by atoms with Crippen molar-refractivity contribution in [3.63, 3.8) is 0 Å². The van der Waals surface area contributed by atoms with Gasteiger partial charge < -0.3 is 61.3 Å². The van der Waals surface area contributed by atoms with Gasteiger partial charge in [-0.1, -0.05) is 151 Å². The molecule has 14 heteroatoms. The zero-order valence-electron chi connectivity index (χ0n) is 40.5. The third kappa shape index (κ3) is 11.7. The van der Waals surface area contributed by atoms with E-state index in [9.17, 15) is 0 Å². The van der Waals surface area contributed by atoms with E-state index < -0.39 is 82.3 Å². The van der Waals surface area contributed by atoms with Crippen molar-refractivity contribution >= 4 is 8.32 Å². The Kier molecular flexibility index (Phi) is 17.7. The van der Waals surface area contributed by atoms with Crippen molar-refractivity contribution in [1.82, 2.24) is 0 Å². The SMILES string of the molecule is C=CCO[C@H]1O[C@@H]2CO[C@@H](c3ccccc3)O[C@H]2[C@H](OCc2ccc(OC)cc2)[C@@H]1O[C@@H]1O[C@@H]2CO[C@@H](c3ccccc3)O[C@H]2[C@H](OCO[Si](C(C)C)(C(C)C)C(C)C)[C@@H]1OCc1ccccc1. The Bertz CT molecular complexity index is 2090. The van der Waals surface area contributed by atoms with Gasteiger partial charge in [-0.3, -0.25) is 0 Å². The van der Waals surface area contributed by atoms with E-state index in [1.165, 1.54) is 0 Å². The number of hydrogen-bond acceptors (Lipinski definition) is 13. The Balaban J connectivity index is 1.16. The fourth-order valence-electron chi connectivity index (χ4n) is 10.3. The summed E-state index contributed by atoms with van der Waals surface area (Å²) in [6.07, 6.45) is -7.54. The highest BCUT2D eigenvalue weighted by atomic mass is 28.4. The lowest BCUT2D eigenvalue weighted by molar-refractivity contribution is -0.413. The van der Waals surface area contributed by atoms with Gasteiger partial charge >= 0.3 is 0 Å². The number of fused-ring (bicyclic) bond motifs is 2. The average Bonchev–Trinajstić information content (AvgIpc) is 3.36. The van der Waals surface area contributed by atoms with Gasteiger partial charge in [0, 0.05) is 11.1 Å². The lowest BCUT2D eigenvalue weighted by Gasteiger charge is -2.52. The molecular formula is C54H70O13Si. The summed E-state index contributed by atoms with van der Waals surface area (Å²) in [5.41, 5.74) is 4.64. The van der Waals surface area contributed by atoms with Crippen molar-refractivity contribution in [1.29, 1.82) is 0 Å². The molecule has 4 aliphatic rings. The minimum Gasteiger partial charge on any atom is -0.497 e. The molecular weight excluding hydrogens is 885 g/mol. The number of hydrogen-bond donors (Lipinski definition) is 0. The monoisotopic (exact) mass is 954 g/mol. The zero-order chi connectivity index (χ0) is 47.6. The molecule has 4 aliphatic heterocycles. The minimum absolute atomic E-state index is 0.0243. The topological polar surface area (TPSA) is 120 Å². The van der Waals surface area contributed by atoms with Crippen molar-refractivity contribution in [2.24, 2.45) is 0 Å². The van der Waals surface area contributed by atoms with E-state index in [0.717, 1.165) is 28.0 Å². The second-order valence-corrected chi connectivity index (χ2v) is 24.2. The summed E-state index contributed by atoms with van der Waals surface area (Å²) in [7, 11) is -0.727. The van der Waals surface area contributed by atoms with Gasteiger partial charge in [0.15, 0.2) is 25.2 Å². The Hall–Kier alpha value is -3.84. The summed E-state index contributed by atoms with van der Waals surface area (Å²) in [5, 5.41) is 0. The number of methoxy groups -OCH3 is 1. The van der Waals surface area contributed by atoms with Crippen molar-refractivity contribution in [2.75, 3.05) is 33.7 Å². The molecule has 0 N–H and O–H groups in total. The zero-order valence-corrected chi connectivity index (χ0v) is 41.5. The first-order valence-electron chi connectivity index (χ1n) is 24.1. The summed E-state index contributed by atoms with van der Waals surface area (Å²) in [5.74, 6) is 0.741. The average molecular weight is 955 g/mol. The van der Waals surface area contributed by atoms with Crippen LogP contribution in [0.4, 0.5) is 0 Å². The van der Waals surface area contributed by atoms with Crippen molar-refractivity contribution < 1.29 is 61.3 Å². The Labute approximate surface area is 403 Å². The van der Waals surface area contributed by atoms with E-state index in [1.807, 2.05) is 115 Å². The maximum atomic E-state index is 7.30. The van der Waals surface area contributed by atoms with E-state index in [2.05, 4.69) is 48.1 Å². The van der Waals surface area contributed by atoms with Gasteiger partial charge in [0.05, 0.1) is 40.1 Å². The Morgan fingerprint density at radius 3 is 1.56 bits per heavy atom. The first-order chi connectivity index (χ1) is 33.1. The third-order valence-corrected chi connectivity index (χ3v) is 19.6. The summed E-state index contributed by atoms with van der Waals surface area (Å²) >= 11 is 0. The smallest absolute Gasteiger partial charge is 0.203 e. The van der Waals surface area contributed by atoms with Gasteiger partial charge in [-0.15, -0.1) is 6.58 Å². The number of ether oxygens (including phenoxy) is 12. The van der Waals surface area contributed by atoms with Crippen molar-refractivity contribution in [3.8, 4) is 5.75 Å². The van der Waals surface area contributed by atoms with E-state index in [0.29, 0.717) is 16.6 Å². The molecule has 8 rings (SSSR count). The normalized spacial score (nSPS) is 29.7. The van der Waals surface area contributed by atoms with Crippen LogP contribution < -0.4 is 4.74 Å². The standard InChI is InChI=1S/C54H70O13Si/c1-9-29-56-53-50(48(57-31-39-25-27-42(55-8)28-26-39)46-43(63-53)32-59-52(66-46)41-23-17-12-18-24-41)67-54-49(58-30-38-19-13-10-14-20-38)47(61-34-62-68(35(2)3,36(4)5)37(6)7)45-44(64-54)33-60-51(65-45)40-21-15-11-16-22-40/h9-28,35-37,43-54H,1,29-34H2,2-8H3/t43-,44-,45-,46-,47+,48+,49+,50+,51-,52-,53+,54+/m1/s1. The van der Waals surface area contributed by atoms with E-state index in [-0.39, 0.29) is 39.8 Å². The van der Waals surface area contributed by atoms with Crippen LogP contribution in [-0.4, -0.2) is 103 Å². The van der Waals surface area contributed by atoms with Gasteiger partial charge in [0.1, 0.15) is 61.4 Å². The maximum Gasteiger partial charge on any atom is 0.203 e. The number of benzene rings is 4. The van der Waals surface area contributed by atoms with Crippen LogP contribution in [0, 0.1) is 0 Å². The molecule has 4 saturated heterocycles. The van der Waals surface area contributed by atoms with Crippen molar-refractivity contribution in [2.45, 2.75) is 145 Å². The molecule has 13 nitrogen and oxygen atoms in total. The molecule has 0 unspecified atom stereocenters. The van der Waals surface area contributed by atoms with Gasteiger partial charge in [0.2, 0.25) is 8.32 Å². The van der Waals surface area contributed by atoms with Crippen LogP contribution in [0.3, 0.4) is 0 Å². The first-order valence-corrected chi connectivity index (χ1v) is 26.2. The van der Waals surface area contributed by atoms with Crippen LogP contribution in [0.5, 0.6) is 5.75 Å². The highest BCUT2D eigenvalue weighted by Crippen LogP contribution is 2.44. The summed E-state index contributed by atoms with van der Waals surface area (Å²) < 4.78 is 87.4. The highest BCUT2D eigenvalue weighted by molar-refractivity contribution is 6.77. The second-order valence-electron chi connectivity index (χ2n) is 18.8. The molecule has 0 spiro atoms. The first kappa shape index (κ1) is 50.5. The molecule has 0 saturated carbocycles. The molecule has 68 heavy (non-hydrogen) atoms. The second kappa shape index (κ2) is 23.8. The quantitative estimate of drug-likeness (QED) is 0.0448. The maximum absolute atomic E-state index is 7.30. The molecule has 4 aromatic rings. The predicted molar refractivity (Wildman–Crippen MR) is 257 cm³/mol. The molecule has 4 fully saturated rings. The van der Waals surface area contributed by atoms with Crippen LogP contribution in [0.25, 0.3) is 0 Å². The van der Waals surface area contributed by atoms with Crippen molar-refractivity contribution in [3.05, 3.63) is 150 Å². The third-order valence-electron chi connectivity index (χ3n) is 13.5.